The monoisotopic (exact) mass is 202 g/mol. The lowest BCUT2D eigenvalue weighted by atomic mass is 10.5. The number of likely N-dealkylation sites (N-methyl/N-ethyl adjacent to an activating group) is 1. The minimum absolute atomic E-state index is 0.0740. The molecule has 0 unspecified atom stereocenters. The van der Waals surface area contributed by atoms with Crippen molar-refractivity contribution in [1.82, 2.24) is 4.90 Å². The fraction of sp³-hybridized carbons (Fsp3) is 0.500. The van der Waals surface area contributed by atoms with E-state index in [1.165, 1.54) is 6.92 Å². The Morgan fingerprint density at radius 2 is 1.79 bits per heavy atom. The molecule has 0 fully saturated rings. The van der Waals surface area contributed by atoms with Crippen LogP contribution in [0.2, 0.25) is 0 Å². The van der Waals surface area contributed by atoms with Gasteiger partial charge >= 0.3 is 0 Å². The molecule has 4 heteroatoms. The smallest absolute Gasteiger partial charge is 0.219 e. The molecule has 3 N–H and O–H groups in total. The van der Waals surface area contributed by atoms with Crippen molar-refractivity contribution in [2.75, 3.05) is 27.2 Å². The van der Waals surface area contributed by atoms with Crippen LogP contribution < -0.4 is 5.73 Å². The topological polar surface area (TPSA) is 66.6 Å². The Morgan fingerprint density at radius 3 is 1.86 bits per heavy atom. The van der Waals surface area contributed by atoms with Gasteiger partial charge in [-0.05, 0) is 0 Å². The van der Waals surface area contributed by atoms with E-state index in [1.54, 1.807) is 24.1 Å². The molecule has 14 heavy (non-hydrogen) atoms. The Balaban J connectivity index is -0.000000170. The van der Waals surface area contributed by atoms with Crippen molar-refractivity contribution in [1.29, 1.82) is 0 Å². The van der Waals surface area contributed by atoms with Crippen molar-refractivity contribution in [3.05, 3.63) is 25.3 Å². The van der Waals surface area contributed by atoms with Gasteiger partial charge in [-0.15, -0.1) is 13.2 Å². The summed E-state index contributed by atoms with van der Waals surface area (Å²) in [4.78, 5) is 12.0. The Labute approximate surface area is 86.7 Å². The van der Waals surface area contributed by atoms with Gasteiger partial charge in [-0.25, -0.2) is 0 Å². The van der Waals surface area contributed by atoms with Crippen LogP contribution in [0, 0.1) is 0 Å². The third-order valence-electron chi connectivity index (χ3n) is 1.11. The lowest BCUT2D eigenvalue weighted by Gasteiger charge is -2.09. The van der Waals surface area contributed by atoms with Gasteiger partial charge in [0.1, 0.15) is 0 Å². The molecular formula is C10H22N2O2. The van der Waals surface area contributed by atoms with Gasteiger partial charge in [-0.3, -0.25) is 4.79 Å². The predicted molar refractivity (Wildman–Crippen MR) is 60.9 cm³/mol. The standard InChI is InChI=1S/C6H11NO.C3H7N.CH4O/c1-4-5-7(3)6(2)8;1-2-3-4;1-2/h4H,1,5H2,2-3H3;2H,1,3-4H2;2H,1H3. The Hall–Kier alpha value is -1.13. The zero-order chi connectivity index (χ0) is 12.0. The van der Waals surface area contributed by atoms with Crippen molar-refractivity contribution in [3.63, 3.8) is 0 Å². The zero-order valence-corrected chi connectivity index (χ0v) is 9.36. The van der Waals surface area contributed by atoms with Crippen molar-refractivity contribution in [3.8, 4) is 0 Å². The Kier molecular flexibility index (Phi) is 23.7. The first-order valence-electron chi connectivity index (χ1n) is 4.18. The highest BCUT2D eigenvalue weighted by atomic mass is 16.2. The summed E-state index contributed by atoms with van der Waals surface area (Å²) in [5.41, 5.74) is 4.91. The number of hydrogen-bond acceptors (Lipinski definition) is 3. The maximum atomic E-state index is 10.4. The van der Waals surface area contributed by atoms with Crippen LogP contribution in [0.15, 0.2) is 25.3 Å². The molecule has 0 atom stereocenters. The quantitative estimate of drug-likeness (QED) is 0.651. The van der Waals surface area contributed by atoms with Crippen LogP contribution >= 0.6 is 0 Å². The average molecular weight is 202 g/mol. The molecule has 0 aromatic carbocycles. The molecule has 0 rings (SSSR count). The van der Waals surface area contributed by atoms with E-state index in [-0.39, 0.29) is 5.91 Å². The summed E-state index contributed by atoms with van der Waals surface area (Å²) >= 11 is 0. The maximum absolute atomic E-state index is 10.4. The van der Waals surface area contributed by atoms with Crippen LogP contribution in [0.4, 0.5) is 0 Å². The number of aliphatic hydroxyl groups excluding tert-OH is 1. The molecule has 0 aliphatic carbocycles. The number of nitrogens with two attached hydrogens (primary N) is 1. The summed E-state index contributed by atoms with van der Waals surface area (Å²) in [5, 5.41) is 7.00. The lowest BCUT2D eigenvalue weighted by molar-refractivity contribution is -0.127. The minimum atomic E-state index is 0.0740. The number of carbonyl (C=O) groups is 1. The fourth-order valence-electron chi connectivity index (χ4n) is 0.322. The van der Waals surface area contributed by atoms with E-state index in [0.29, 0.717) is 13.1 Å². The molecule has 0 bridgehead atoms. The second-order valence-corrected chi connectivity index (χ2v) is 2.21. The van der Waals surface area contributed by atoms with Crippen LogP contribution in [-0.4, -0.2) is 43.2 Å². The van der Waals surface area contributed by atoms with E-state index in [4.69, 9.17) is 10.8 Å². The summed E-state index contributed by atoms with van der Waals surface area (Å²) in [5.74, 6) is 0.0740. The number of hydrogen-bond donors (Lipinski definition) is 2. The largest absolute Gasteiger partial charge is 0.400 e. The third kappa shape index (κ3) is 22.4. The van der Waals surface area contributed by atoms with Crippen LogP contribution in [0.3, 0.4) is 0 Å². The summed E-state index contributed by atoms with van der Waals surface area (Å²) in [6, 6.07) is 0. The first-order valence-corrected chi connectivity index (χ1v) is 4.18. The van der Waals surface area contributed by atoms with E-state index < -0.39 is 0 Å². The number of carbonyl (C=O) groups excluding carboxylic acids is 1. The summed E-state index contributed by atoms with van der Waals surface area (Å²) < 4.78 is 0. The van der Waals surface area contributed by atoms with E-state index in [0.717, 1.165) is 7.11 Å². The summed E-state index contributed by atoms with van der Waals surface area (Å²) in [6.45, 7) is 9.59. The minimum Gasteiger partial charge on any atom is -0.400 e. The van der Waals surface area contributed by atoms with Crippen LogP contribution in [0.5, 0.6) is 0 Å². The van der Waals surface area contributed by atoms with E-state index >= 15 is 0 Å². The average Bonchev–Trinajstić information content (AvgIpc) is 2.21. The lowest BCUT2D eigenvalue weighted by Crippen LogP contribution is -2.23. The van der Waals surface area contributed by atoms with Gasteiger partial charge in [-0.1, -0.05) is 12.2 Å². The summed E-state index contributed by atoms with van der Waals surface area (Å²) in [6.07, 6.45) is 3.35. The molecule has 0 aliphatic heterocycles. The van der Waals surface area contributed by atoms with Crippen LogP contribution in [0.25, 0.3) is 0 Å². The molecule has 1 amide bonds. The normalized spacial score (nSPS) is 6.93. The van der Waals surface area contributed by atoms with Crippen molar-refractivity contribution in [2.45, 2.75) is 6.92 Å². The Bertz CT molecular complexity index is 147. The first-order chi connectivity index (χ1) is 6.59. The highest BCUT2D eigenvalue weighted by Gasteiger charge is 1.95. The van der Waals surface area contributed by atoms with E-state index in [1.807, 2.05) is 0 Å². The molecule has 0 radical (unpaired) electrons. The molecular weight excluding hydrogens is 180 g/mol. The van der Waals surface area contributed by atoms with E-state index in [9.17, 15) is 4.79 Å². The number of rotatable bonds is 3. The van der Waals surface area contributed by atoms with Crippen molar-refractivity contribution >= 4 is 5.91 Å². The predicted octanol–water partition coefficient (Wildman–Crippen LogP) is 0.390. The number of amides is 1. The second-order valence-electron chi connectivity index (χ2n) is 2.21. The molecule has 0 heterocycles. The number of aliphatic hydroxyl groups is 1. The van der Waals surface area contributed by atoms with Gasteiger partial charge in [0, 0.05) is 34.2 Å². The van der Waals surface area contributed by atoms with E-state index in [2.05, 4.69) is 13.2 Å². The molecule has 0 aromatic heterocycles. The van der Waals surface area contributed by atoms with Gasteiger partial charge < -0.3 is 15.7 Å². The highest BCUT2D eigenvalue weighted by molar-refractivity contribution is 5.72. The Morgan fingerprint density at radius 1 is 1.43 bits per heavy atom. The first kappa shape index (κ1) is 18.6. The third-order valence-corrected chi connectivity index (χ3v) is 1.11. The highest BCUT2D eigenvalue weighted by Crippen LogP contribution is 1.80. The van der Waals surface area contributed by atoms with Crippen LogP contribution in [-0.2, 0) is 4.79 Å². The van der Waals surface area contributed by atoms with Gasteiger partial charge in [0.25, 0.3) is 0 Å². The molecule has 0 aliphatic rings. The maximum Gasteiger partial charge on any atom is 0.219 e. The summed E-state index contributed by atoms with van der Waals surface area (Å²) in [7, 11) is 2.74. The van der Waals surface area contributed by atoms with Crippen molar-refractivity contribution in [2.24, 2.45) is 5.73 Å². The molecule has 0 saturated heterocycles. The molecule has 0 spiro atoms. The van der Waals surface area contributed by atoms with Gasteiger partial charge in [-0.2, -0.15) is 0 Å². The molecule has 4 nitrogen and oxygen atoms in total. The second kappa shape index (κ2) is 17.8. The van der Waals surface area contributed by atoms with Gasteiger partial charge in [0.2, 0.25) is 5.91 Å². The fourth-order valence-corrected chi connectivity index (χ4v) is 0.322. The number of nitrogens with zero attached hydrogens (tertiary/aromatic N) is 1. The molecule has 0 saturated carbocycles. The zero-order valence-electron chi connectivity index (χ0n) is 9.36. The van der Waals surface area contributed by atoms with Gasteiger partial charge in [0.15, 0.2) is 0 Å². The van der Waals surface area contributed by atoms with Gasteiger partial charge in [0.05, 0.1) is 0 Å². The SMILES string of the molecule is C=CCN.C=CCN(C)C(C)=O.CO. The molecule has 0 aromatic rings. The van der Waals surface area contributed by atoms with Crippen LogP contribution in [0.1, 0.15) is 6.92 Å². The molecule has 84 valence electrons. The van der Waals surface area contributed by atoms with Crippen molar-refractivity contribution < 1.29 is 9.90 Å².